The van der Waals surface area contributed by atoms with Gasteiger partial charge >= 0.3 is 0 Å². The Morgan fingerprint density at radius 3 is 2.66 bits per heavy atom. The Hall–Kier alpha value is -2.73. The van der Waals surface area contributed by atoms with Crippen LogP contribution in [0, 0.1) is 17.7 Å². The molecule has 3 aromatic rings. The minimum atomic E-state index is -0.301. The van der Waals surface area contributed by atoms with Gasteiger partial charge in [0.1, 0.15) is 5.82 Å². The molecule has 0 bridgehead atoms. The van der Waals surface area contributed by atoms with Crippen LogP contribution < -0.4 is 9.72 Å². The van der Waals surface area contributed by atoms with Crippen LogP contribution in [0.3, 0.4) is 0 Å². The molecule has 5 nitrogen and oxygen atoms in total. The van der Waals surface area contributed by atoms with Gasteiger partial charge in [-0.1, -0.05) is 38.2 Å². The number of nitrogens with one attached hydrogen (secondary N) is 2. The summed E-state index contributed by atoms with van der Waals surface area (Å²) in [6, 6.07) is 11.8. The van der Waals surface area contributed by atoms with Crippen LogP contribution >= 0.6 is 0 Å². The third-order valence-corrected chi connectivity index (χ3v) is 6.02. The lowest BCUT2D eigenvalue weighted by Gasteiger charge is -2.28. The van der Waals surface area contributed by atoms with Crippen LogP contribution in [0.15, 0.2) is 48.7 Å². The van der Waals surface area contributed by atoms with E-state index in [1.54, 1.807) is 12.1 Å². The van der Waals surface area contributed by atoms with E-state index < -0.39 is 0 Å². The maximum absolute atomic E-state index is 13.3. The zero-order chi connectivity index (χ0) is 20.2. The lowest BCUT2D eigenvalue weighted by Crippen LogP contribution is -2.35. The van der Waals surface area contributed by atoms with Crippen LogP contribution in [0.5, 0.6) is 0 Å². The second-order valence-electron chi connectivity index (χ2n) is 7.86. The first-order valence-corrected chi connectivity index (χ1v) is 10.3. The number of imidazole rings is 1. The molecule has 1 amide bonds. The van der Waals surface area contributed by atoms with E-state index >= 15 is 0 Å². The second kappa shape index (κ2) is 8.74. The highest BCUT2D eigenvalue weighted by Gasteiger charge is 2.27. The summed E-state index contributed by atoms with van der Waals surface area (Å²) < 4.78 is 15.2. The molecule has 0 aliphatic heterocycles. The Kier molecular flexibility index (Phi) is 5.90. The number of aliphatic hydroxyl groups is 1. The van der Waals surface area contributed by atoms with E-state index in [-0.39, 0.29) is 24.2 Å². The molecule has 29 heavy (non-hydrogen) atoms. The normalized spacial score (nSPS) is 16.1. The molecule has 6 heteroatoms. The zero-order valence-electron chi connectivity index (χ0n) is 16.4. The topological polar surface area (TPSA) is 69.2 Å². The predicted octanol–water partition coefficient (Wildman–Crippen LogP) is 3.48. The van der Waals surface area contributed by atoms with Gasteiger partial charge in [-0.05, 0) is 42.3 Å². The summed E-state index contributed by atoms with van der Waals surface area (Å²) in [6.07, 6.45) is 7.79. The molecule has 2 aromatic heterocycles. The van der Waals surface area contributed by atoms with Gasteiger partial charge in [0.2, 0.25) is 5.69 Å². The van der Waals surface area contributed by atoms with E-state index in [4.69, 9.17) is 0 Å². The summed E-state index contributed by atoms with van der Waals surface area (Å²) in [5.41, 5.74) is 2.01. The van der Waals surface area contributed by atoms with Gasteiger partial charge in [0, 0.05) is 19.1 Å². The van der Waals surface area contributed by atoms with Gasteiger partial charge in [0.05, 0.1) is 11.8 Å². The summed E-state index contributed by atoms with van der Waals surface area (Å²) in [6.45, 7) is 0.551. The average molecular weight is 396 g/mol. The quantitative estimate of drug-likeness (QED) is 0.559. The largest absolute Gasteiger partial charge is 0.396 e. The monoisotopic (exact) mass is 396 g/mol. The van der Waals surface area contributed by atoms with Crippen molar-refractivity contribution in [1.29, 1.82) is 0 Å². The van der Waals surface area contributed by atoms with Crippen molar-refractivity contribution in [3.05, 3.63) is 60.2 Å². The van der Waals surface area contributed by atoms with Crippen molar-refractivity contribution in [3.63, 3.8) is 0 Å². The maximum atomic E-state index is 13.3. The molecule has 1 atom stereocenters. The van der Waals surface area contributed by atoms with Crippen molar-refractivity contribution in [2.75, 3.05) is 13.2 Å². The van der Waals surface area contributed by atoms with Crippen LogP contribution in [-0.4, -0.2) is 29.1 Å². The van der Waals surface area contributed by atoms with Crippen molar-refractivity contribution in [3.8, 4) is 11.4 Å². The highest BCUT2D eigenvalue weighted by Crippen LogP contribution is 2.29. The van der Waals surface area contributed by atoms with Crippen molar-refractivity contribution in [1.82, 2.24) is 10.3 Å². The molecule has 1 unspecified atom stereocenters. The lowest BCUT2D eigenvalue weighted by molar-refractivity contribution is -0.498. The highest BCUT2D eigenvalue weighted by atomic mass is 19.1. The predicted molar refractivity (Wildman–Crippen MR) is 109 cm³/mol. The number of H-pyrrole nitrogens is 1. The molecule has 0 spiro atoms. The van der Waals surface area contributed by atoms with Crippen molar-refractivity contribution in [2.24, 2.45) is 11.8 Å². The number of amides is 1. The molecule has 1 aliphatic carbocycles. The molecular weight excluding hydrogens is 369 g/mol. The molecule has 1 fully saturated rings. The van der Waals surface area contributed by atoms with Gasteiger partial charge in [-0.3, -0.25) is 4.79 Å². The van der Waals surface area contributed by atoms with Crippen LogP contribution in [0.2, 0.25) is 0 Å². The number of pyridine rings is 1. The van der Waals surface area contributed by atoms with E-state index in [0.717, 1.165) is 29.7 Å². The Labute approximate surface area is 169 Å². The highest BCUT2D eigenvalue weighted by molar-refractivity contribution is 5.98. The number of aromatic nitrogens is 2. The third kappa shape index (κ3) is 4.17. The van der Waals surface area contributed by atoms with Crippen molar-refractivity contribution >= 4 is 11.4 Å². The van der Waals surface area contributed by atoms with Crippen LogP contribution in [-0.2, 0) is 0 Å². The summed E-state index contributed by atoms with van der Waals surface area (Å²) in [7, 11) is 0. The number of carbonyl (C=O) groups is 1. The lowest BCUT2D eigenvalue weighted by atomic mass is 9.80. The van der Waals surface area contributed by atoms with Gasteiger partial charge in [0.25, 0.3) is 11.7 Å². The number of rotatable bonds is 6. The number of fused-ring (bicyclic) bond motifs is 1. The molecule has 2 heterocycles. The second-order valence-corrected chi connectivity index (χ2v) is 7.86. The Balaban J connectivity index is 1.56. The molecule has 1 saturated carbocycles. The first-order chi connectivity index (χ1) is 14.2. The number of halogens is 1. The first kappa shape index (κ1) is 19.6. The fraction of sp³-hybridized carbons (Fsp3) is 0.391. The summed E-state index contributed by atoms with van der Waals surface area (Å²) in [5, 5.41) is 12.8. The minimum absolute atomic E-state index is 0.0877. The molecule has 3 N–H and O–H groups in total. The van der Waals surface area contributed by atoms with Crippen LogP contribution in [0.4, 0.5) is 4.39 Å². The smallest absolute Gasteiger partial charge is 0.295 e. The Morgan fingerprint density at radius 2 is 1.93 bits per heavy atom. The molecular formula is C23H27FN3O2+. The van der Waals surface area contributed by atoms with Gasteiger partial charge in [-0.2, -0.15) is 4.40 Å². The maximum Gasteiger partial charge on any atom is 0.295 e. The molecule has 1 aliphatic rings. The fourth-order valence-electron chi connectivity index (χ4n) is 4.37. The number of aromatic amines is 1. The molecule has 4 rings (SSSR count). The van der Waals surface area contributed by atoms with Gasteiger partial charge < -0.3 is 10.4 Å². The zero-order valence-corrected chi connectivity index (χ0v) is 16.4. The number of hydrogen-bond donors (Lipinski definition) is 3. The van der Waals surface area contributed by atoms with E-state index in [0.29, 0.717) is 18.2 Å². The standard InChI is InChI=1S/C23H26FN3O2/c24-19-11-9-17(10-12-19)22-26-21(20-8-4-5-13-27(20)22)23(29)25-14-18(15-28)16-6-2-1-3-7-16/h4-5,8-13,16,18,28H,1-3,6-7,14-15H2,(H,25,29)/p+1. The average Bonchev–Trinajstić information content (AvgIpc) is 3.15. The van der Waals surface area contributed by atoms with Crippen LogP contribution in [0.25, 0.3) is 16.9 Å². The minimum Gasteiger partial charge on any atom is -0.396 e. The molecule has 0 saturated heterocycles. The number of carbonyl (C=O) groups excluding carboxylic acids is 1. The summed E-state index contributed by atoms with van der Waals surface area (Å²) in [5.74, 6) is 0.779. The van der Waals surface area contributed by atoms with E-state index in [2.05, 4.69) is 10.3 Å². The van der Waals surface area contributed by atoms with Gasteiger partial charge in [-0.15, -0.1) is 0 Å². The number of aliphatic hydroxyl groups excluding tert-OH is 1. The molecule has 0 radical (unpaired) electrons. The third-order valence-electron chi connectivity index (χ3n) is 6.02. The molecule has 152 valence electrons. The molecule has 1 aromatic carbocycles. The van der Waals surface area contributed by atoms with Crippen molar-refractivity contribution in [2.45, 2.75) is 32.1 Å². The number of nitrogens with zero attached hydrogens (tertiary/aromatic N) is 1. The summed E-state index contributed by atoms with van der Waals surface area (Å²) >= 11 is 0. The SMILES string of the molecule is O=C(NCC(CO)C1CCCCC1)c1[nH]c(-c2ccc(F)cc2)[n+]2ccccc12. The first-order valence-electron chi connectivity index (χ1n) is 10.3. The van der Waals surface area contributed by atoms with Crippen molar-refractivity contribution < 1.29 is 18.7 Å². The van der Waals surface area contributed by atoms with Gasteiger partial charge in [-0.25, -0.2) is 9.37 Å². The fourth-order valence-corrected chi connectivity index (χ4v) is 4.37. The van der Waals surface area contributed by atoms with E-state index in [1.165, 1.54) is 31.4 Å². The number of benzene rings is 1. The Bertz CT molecular complexity index is 977. The van der Waals surface area contributed by atoms with E-state index in [9.17, 15) is 14.3 Å². The van der Waals surface area contributed by atoms with Crippen LogP contribution in [0.1, 0.15) is 42.6 Å². The Morgan fingerprint density at radius 1 is 1.17 bits per heavy atom. The van der Waals surface area contributed by atoms with Gasteiger partial charge in [0.15, 0.2) is 5.52 Å². The summed E-state index contributed by atoms with van der Waals surface area (Å²) in [4.78, 5) is 16.2. The van der Waals surface area contributed by atoms with E-state index in [1.807, 2.05) is 28.8 Å². The number of hydrogen-bond acceptors (Lipinski definition) is 2.